The third-order valence-corrected chi connectivity index (χ3v) is 3.41. The Morgan fingerprint density at radius 3 is 2.38 bits per heavy atom. The minimum Gasteiger partial charge on any atom is -0.380 e. The van der Waals surface area contributed by atoms with E-state index in [1.54, 1.807) is 0 Å². The molecule has 0 heterocycles. The highest BCUT2D eigenvalue weighted by atomic mass is 79.9. The Morgan fingerprint density at radius 2 is 1.69 bits per heavy atom. The summed E-state index contributed by atoms with van der Waals surface area (Å²) in [5, 5.41) is 3.39. The predicted octanol–water partition coefficient (Wildman–Crippen LogP) is 4.82. The molecule has 1 N–H and O–H groups in total. The van der Waals surface area contributed by atoms with Crippen LogP contribution in [0.3, 0.4) is 0 Å². The molecule has 82 valence electrons. The van der Waals surface area contributed by atoms with E-state index in [4.69, 9.17) is 0 Å². The van der Waals surface area contributed by atoms with E-state index in [-0.39, 0.29) is 0 Å². The van der Waals surface area contributed by atoms with E-state index in [2.05, 4.69) is 55.4 Å². The maximum Gasteiger partial charge on any atom is 0.0488 e. The molecule has 0 unspecified atom stereocenters. The van der Waals surface area contributed by atoms with Gasteiger partial charge < -0.3 is 5.32 Å². The van der Waals surface area contributed by atoms with E-state index in [0.717, 1.165) is 21.2 Å². The summed E-state index contributed by atoms with van der Waals surface area (Å²) >= 11 is 6.96. The van der Waals surface area contributed by atoms with Crippen LogP contribution in [0.1, 0.15) is 5.56 Å². The van der Waals surface area contributed by atoms with Crippen molar-refractivity contribution in [3.05, 3.63) is 63.0 Å². The van der Waals surface area contributed by atoms with Gasteiger partial charge in [0, 0.05) is 21.2 Å². The number of halogens is 2. The molecule has 0 atom stereocenters. The lowest BCUT2D eigenvalue weighted by molar-refractivity contribution is 1.15. The first-order valence-corrected chi connectivity index (χ1v) is 6.57. The predicted molar refractivity (Wildman–Crippen MR) is 75.6 cm³/mol. The molecule has 0 fully saturated rings. The Kier molecular flexibility index (Phi) is 4.02. The third-order valence-electron chi connectivity index (χ3n) is 2.26. The molecule has 1 nitrogen and oxygen atoms in total. The lowest BCUT2D eigenvalue weighted by Gasteiger charge is -2.08. The fourth-order valence-electron chi connectivity index (χ4n) is 1.43. The first kappa shape index (κ1) is 11.7. The average molecular weight is 341 g/mol. The number of rotatable bonds is 3. The van der Waals surface area contributed by atoms with Crippen LogP contribution in [-0.2, 0) is 6.54 Å². The van der Waals surface area contributed by atoms with Gasteiger partial charge in [-0.05, 0) is 39.7 Å². The van der Waals surface area contributed by atoms with Crippen LogP contribution in [0.2, 0.25) is 0 Å². The number of hydrogen-bond donors (Lipinski definition) is 1. The van der Waals surface area contributed by atoms with Crippen molar-refractivity contribution >= 4 is 37.5 Å². The monoisotopic (exact) mass is 339 g/mol. The van der Waals surface area contributed by atoms with Crippen molar-refractivity contribution < 1.29 is 0 Å². The second-order valence-corrected chi connectivity index (χ2v) is 5.23. The van der Waals surface area contributed by atoms with E-state index in [1.807, 2.05) is 30.3 Å². The standard InChI is InChI=1S/C13H11Br2N/c14-11-6-7-13(12(15)8-11)16-9-10-4-2-1-3-5-10/h1-8,16H,9H2. The molecule has 0 bridgehead atoms. The quantitative estimate of drug-likeness (QED) is 0.844. The minimum atomic E-state index is 0.834. The highest BCUT2D eigenvalue weighted by Gasteiger charge is 1.99. The molecular weight excluding hydrogens is 330 g/mol. The van der Waals surface area contributed by atoms with Crippen molar-refractivity contribution in [2.75, 3.05) is 5.32 Å². The van der Waals surface area contributed by atoms with Crippen molar-refractivity contribution in [3.63, 3.8) is 0 Å². The molecule has 0 saturated carbocycles. The van der Waals surface area contributed by atoms with Gasteiger partial charge in [0.15, 0.2) is 0 Å². The molecule has 0 radical (unpaired) electrons. The molecular formula is C13H11Br2N. The Balaban J connectivity index is 2.05. The van der Waals surface area contributed by atoms with E-state index in [9.17, 15) is 0 Å². The van der Waals surface area contributed by atoms with Crippen LogP contribution < -0.4 is 5.32 Å². The number of benzene rings is 2. The molecule has 2 aromatic carbocycles. The Bertz CT molecular complexity index is 469. The summed E-state index contributed by atoms with van der Waals surface area (Å²) in [4.78, 5) is 0. The molecule has 3 heteroatoms. The summed E-state index contributed by atoms with van der Waals surface area (Å²) in [6.07, 6.45) is 0. The fraction of sp³-hybridized carbons (Fsp3) is 0.0769. The van der Waals surface area contributed by atoms with E-state index < -0.39 is 0 Å². The van der Waals surface area contributed by atoms with Crippen LogP contribution in [0.5, 0.6) is 0 Å². The molecule has 2 aromatic rings. The molecule has 0 aromatic heterocycles. The topological polar surface area (TPSA) is 12.0 Å². The Labute approximate surface area is 112 Å². The van der Waals surface area contributed by atoms with Gasteiger partial charge in [0.1, 0.15) is 0 Å². The number of anilines is 1. The van der Waals surface area contributed by atoms with Gasteiger partial charge >= 0.3 is 0 Å². The van der Waals surface area contributed by atoms with Crippen molar-refractivity contribution in [1.29, 1.82) is 0 Å². The van der Waals surface area contributed by atoms with Crippen LogP contribution >= 0.6 is 31.9 Å². The Morgan fingerprint density at radius 1 is 0.938 bits per heavy atom. The maximum absolute atomic E-state index is 3.53. The van der Waals surface area contributed by atoms with Gasteiger partial charge in [-0.15, -0.1) is 0 Å². The van der Waals surface area contributed by atoms with Gasteiger partial charge in [0.25, 0.3) is 0 Å². The smallest absolute Gasteiger partial charge is 0.0488 e. The van der Waals surface area contributed by atoms with Gasteiger partial charge in [-0.2, -0.15) is 0 Å². The molecule has 0 amide bonds. The molecule has 0 aliphatic rings. The summed E-state index contributed by atoms with van der Waals surface area (Å²) in [7, 11) is 0. The molecule has 16 heavy (non-hydrogen) atoms. The maximum atomic E-state index is 3.53. The SMILES string of the molecule is Brc1ccc(NCc2ccccc2)c(Br)c1. The highest BCUT2D eigenvalue weighted by Crippen LogP contribution is 2.26. The number of hydrogen-bond acceptors (Lipinski definition) is 1. The Hall–Kier alpha value is -0.800. The summed E-state index contributed by atoms with van der Waals surface area (Å²) in [6.45, 7) is 0.834. The summed E-state index contributed by atoms with van der Waals surface area (Å²) in [5.74, 6) is 0. The highest BCUT2D eigenvalue weighted by molar-refractivity contribution is 9.11. The van der Waals surface area contributed by atoms with Gasteiger partial charge in [0.2, 0.25) is 0 Å². The zero-order valence-electron chi connectivity index (χ0n) is 8.58. The molecule has 2 rings (SSSR count). The van der Waals surface area contributed by atoms with Crippen LogP contribution in [-0.4, -0.2) is 0 Å². The van der Waals surface area contributed by atoms with Crippen molar-refractivity contribution in [3.8, 4) is 0 Å². The molecule has 0 aliphatic heterocycles. The van der Waals surface area contributed by atoms with Crippen molar-refractivity contribution in [2.45, 2.75) is 6.54 Å². The van der Waals surface area contributed by atoms with E-state index in [1.165, 1.54) is 5.56 Å². The summed E-state index contributed by atoms with van der Waals surface area (Å²) in [6, 6.07) is 16.5. The van der Waals surface area contributed by atoms with Crippen LogP contribution in [0.15, 0.2) is 57.5 Å². The lowest BCUT2D eigenvalue weighted by atomic mass is 10.2. The average Bonchev–Trinajstić information content (AvgIpc) is 2.29. The molecule has 0 aliphatic carbocycles. The first-order valence-electron chi connectivity index (χ1n) is 4.98. The number of nitrogens with one attached hydrogen (secondary N) is 1. The fourth-order valence-corrected chi connectivity index (χ4v) is 2.61. The van der Waals surface area contributed by atoms with Crippen LogP contribution in [0, 0.1) is 0 Å². The largest absolute Gasteiger partial charge is 0.380 e. The molecule has 0 saturated heterocycles. The summed E-state index contributed by atoms with van der Waals surface area (Å²) < 4.78 is 2.14. The second kappa shape index (κ2) is 5.51. The minimum absolute atomic E-state index is 0.834. The van der Waals surface area contributed by atoms with Crippen LogP contribution in [0.4, 0.5) is 5.69 Å². The van der Waals surface area contributed by atoms with Gasteiger partial charge in [-0.3, -0.25) is 0 Å². The van der Waals surface area contributed by atoms with Crippen molar-refractivity contribution in [1.82, 2.24) is 0 Å². The lowest BCUT2D eigenvalue weighted by Crippen LogP contribution is -1.99. The van der Waals surface area contributed by atoms with E-state index >= 15 is 0 Å². The van der Waals surface area contributed by atoms with Crippen LogP contribution in [0.25, 0.3) is 0 Å². The van der Waals surface area contributed by atoms with Gasteiger partial charge in [-0.25, -0.2) is 0 Å². The van der Waals surface area contributed by atoms with Gasteiger partial charge in [-0.1, -0.05) is 46.3 Å². The van der Waals surface area contributed by atoms with Gasteiger partial charge in [0.05, 0.1) is 0 Å². The summed E-state index contributed by atoms with van der Waals surface area (Å²) in [5.41, 5.74) is 2.38. The third kappa shape index (κ3) is 3.09. The first-order chi connectivity index (χ1) is 7.75. The zero-order valence-corrected chi connectivity index (χ0v) is 11.8. The van der Waals surface area contributed by atoms with Crippen molar-refractivity contribution in [2.24, 2.45) is 0 Å². The normalized spacial score (nSPS) is 10.1. The van der Waals surface area contributed by atoms with E-state index in [0.29, 0.717) is 0 Å². The second-order valence-electron chi connectivity index (χ2n) is 3.46. The zero-order chi connectivity index (χ0) is 11.4. The molecule has 0 spiro atoms.